The van der Waals surface area contributed by atoms with Crippen molar-refractivity contribution in [2.24, 2.45) is 0 Å². The summed E-state index contributed by atoms with van der Waals surface area (Å²) in [7, 11) is 1.64. The maximum absolute atomic E-state index is 13.7. The van der Waals surface area contributed by atoms with Crippen LogP contribution in [0.4, 0.5) is 0 Å². The molecule has 0 amide bonds. The van der Waals surface area contributed by atoms with E-state index >= 15 is 0 Å². The minimum Gasteiger partial charge on any atom is -0.496 e. The number of methoxy groups -OCH3 is 1. The molecule has 1 atom stereocenters. The average Bonchev–Trinajstić information content (AvgIpc) is 3.52. The molecule has 1 fully saturated rings. The molecule has 182 valence electrons. The highest BCUT2D eigenvalue weighted by Crippen LogP contribution is 2.32. The zero-order chi connectivity index (χ0) is 24.6. The van der Waals surface area contributed by atoms with E-state index in [-0.39, 0.29) is 11.6 Å². The second-order valence-corrected chi connectivity index (χ2v) is 9.40. The maximum Gasteiger partial charge on any atom is 0.263 e. The molecule has 5 aromatic rings. The molecule has 6 rings (SSSR count). The molecule has 0 radical (unpaired) electrons. The van der Waals surface area contributed by atoms with Crippen molar-refractivity contribution in [2.75, 3.05) is 13.7 Å². The predicted molar refractivity (Wildman–Crippen MR) is 141 cm³/mol. The number of benzene rings is 2. The molecule has 0 saturated carbocycles. The van der Waals surface area contributed by atoms with Crippen LogP contribution in [-0.4, -0.2) is 42.3 Å². The lowest BCUT2D eigenvalue weighted by atomic mass is 10.1. The van der Waals surface area contributed by atoms with Gasteiger partial charge in [-0.05, 0) is 54.9 Å². The van der Waals surface area contributed by atoms with Crippen LogP contribution in [0.3, 0.4) is 0 Å². The van der Waals surface area contributed by atoms with Gasteiger partial charge in [0.2, 0.25) is 10.5 Å². The molecule has 0 spiro atoms. The molecule has 8 nitrogen and oxygen atoms in total. The Bertz CT molecular complexity index is 1670. The van der Waals surface area contributed by atoms with E-state index in [1.807, 2.05) is 69.9 Å². The Kier molecular flexibility index (Phi) is 5.86. The normalized spacial score (nSPS) is 16.2. The molecule has 1 aliphatic rings. The van der Waals surface area contributed by atoms with Crippen LogP contribution in [0.5, 0.6) is 5.75 Å². The molecule has 0 N–H and O–H groups in total. The van der Waals surface area contributed by atoms with Gasteiger partial charge >= 0.3 is 0 Å². The number of ether oxygens (including phenoxy) is 1. The average molecular weight is 499 g/mol. The van der Waals surface area contributed by atoms with Gasteiger partial charge in [-0.1, -0.05) is 36.4 Å². The number of rotatable bonds is 6. The first-order chi connectivity index (χ1) is 17.7. The third kappa shape index (κ3) is 3.81. The second-order valence-electron chi connectivity index (χ2n) is 9.04. The van der Waals surface area contributed by atoms with E-state index in [1.54, 1.807) is 17.9 Å². The second kappa shape index (κ2) is 9.33. The molecule has 0 bridgehead atoms. The van der Waals surface area contributed by atoms with E-state index in [0.717, 1.165) is 36.2 Å². The van der Waals surface area contributed by atoms with Crippen LogP contribution < -0.4 is 10.3 Å². The number of pyridine rings is 1. The van der Waals surface area contributed by atoms with Gasteiger partial charge in [0.05, 0.1) is 31.2 Å². The van der Waals surface area contributed by atoms with Crippen LogP contribution in [0.15, 0.2) is 77.9 Å². The van der Waals surface area contributed by atoms with Crippen molar-refractivity contribution in [3.8, 4) is 5.75 Å². The SMILES string of the molecule is COc1ccccc1Cn1c(=O)c2ccccc2n2c(=S)n(CN3CCCC3c3cccnc3)nc12. The summed E-state index contributed by atoms with van der Waals surface area (Å²) in [5.41, 5.74) is 2.75. The Balaban J connectivity index is 1.49. The van der Waals surface area contributed by atoms with Gasteiger partial charge < -0.3 is 4.74 Å². The van der Waals surface area contributed by atoms with Gasteiger partial charge in [0.15, 0.2) is 0 Å². The number of fused-ring (bicyclic) bond motifs is 3. The van der Waals surface area contributed by atoms with E-state index in [2.05, 4.69) is 16.0 Å². The monoisotopic (exact) mass is 498 g/mol. The van der Waals surface area contributed by atoms with E-state index in [1.165, 1.54) is 5.56 Å². The highest BCUT2D eigenvalue weighted by molar-refractivity contribution is 7.71. The first-order valence-electron chi connectivity index (χ1n) is 12.0. The number of hydrogen-bond donors (Lipinski definition) is 0. The third-order valence-electron chi connectivity index (χ3n) is 6.95. The highest BCUT2D eigenvalue weighted by Gasteiger charge is 2.27. The zero-order valence-electron chi connectivity index (χ0n) is 19.9. The molecule has 4 heterocycles. The quantitative estimate of drug-likeness (QED) is 0.323. The molecular formula is C27H26N6O2S. The Morgan fingerprint density at radius 3 is 2.75 bits per heavy atom. The molecule has 1 unspecified atom stereocenters. The first kappa shape index (κ1) is 22.6. The van der Waals surface area contributed by atoms with Crippen molar-refractivity contribution in [1.82, 2.24) is 28.6 Å². The lowest BCUT2D eigenvalue weighted by molar-refractivity contribution is 0.190. The van der Waals surface area contributed by atoms with E-state index in [9.17, 15) is 4.79 Å². The summed E-state index contributed by atoms with van der Waals surface area (Å²) in [5, 5.41) is 5.51. The number of hydrogen-bond acceptors (Lipinski definition) is 6. The highest BCUT2D eigenvalue weighted by atomic mass is 32.1. The first-order valence-corrected chi connectivity index (χ1v) is 12.4. The van der Waals surface area contributed by atoms with Crippen LogP contribution in [0.2, 0.25) is 0 Å². The van der Waals surface area contributed by atoms with Crippen molar-refractivity contribution >= 4 is 28.9 Å². The van der Waals surface area contributed by atoms with Gasteiger partial charge in [-0.15, -0.1) is 5.10 Å². The smallest absolute Gasteiger partial charge is 0.263 e. The predicted octanol–water partition coefficient (Wildman–Crippen LogP) is 4.43. The van der Waals surface area contributed by atoms with Crippen molar-refractivity contribution in [3.63, 3.8) is 0 Å². The van der Waals surface area contributed by atoms with E-state index in [4.69, 9.17) is 22.1 Å². The molecule has 2 aromatic carbocycles. The van der Waals surface area contributed by atoms with Gasteiger partial charge in [-0.2, -0.15) is 0 Å². The van der Waals surface area contributed by atoms with Crippen molar-refractivity contribution < 1.29 is 4.74 Å². The Morgan fingerprint density at radius 2 is 1.92 bits per heavy atom. The summed E-state index contributed by atoms with van der Waals surface area (Å²) >= 11 is 5.94. The van der Waals surface area contributed by atoms with Gasteiger partial charge in [0.1, 0.15) is 5.75 Å². The molecule has 9 heteroatoms. The van der Waals surface area contributed by atoms with Crippen LogP contribution in [0.25, 0.3) is 16.7 Å². The number of likely N-dealkylation sites (tertiary alicyclic amines) is 1. The van der Waals surface area contributed by atoms with Gasteiger partial charge in [-0.3, -0.25) is 23.6 Å². The number of nitrogens with zero attached hydrogens (tertiary/aromatic N) is 6. The minimum atomic E-state index is -0.106. The Labute approximate surface area is 213 Å². The van der Waals surface area contributed by atoms with Crippen LogP contribution in [0.1, 0.15) is 30.0 Å². The molecular weight excluding hydrogens is 472 g/mol. The summed E-state index contributed by atoms with van der Waals surface area (Å²) in [6, 6.07) is 19.6. The number of para-hydroxylation sites is 2. The summed E-state index contributed by atoms with van der Waals surface area (Å²) in [4.78, 5) is 20.3. The van der Waals surface area contributed by atoms with Crippen LogP contribution in [-0.2, 0) is 13.2 Å². The Morgan fingerprint density at radius 1 is 1.08 bits per heavy atom. The Hall–Kier alpha value is -3.82. The van der Waals surface area contributed by atoms with Crippen molar-refractivity contribution in [1.29, 1.82) is 0 Å². The lowest BCUT2D eigenvalue weighted by Gasteiger charge is -2.24. The van der Waals surface area contributed by atoms with Crippen molar-refractivity contribution in [2.45, 2.75) is 32.1 Å². The van der Waals surface area contributed by atoms with Gasteiger partial charge in [-0.25, -0.2) is 4.68 Å². The van der Waals surface area contributed by atoms with E-state index in [0.29, 0.717) is 29.1 Å². The molecule has 1 aliphatic heterocycles. The summed E-state index contributed by atoms with van der Waals surface area (Å²) in [5.74, 6) is 1.25. The molecule has 1 saturated heterocycles. The van der Waals surface area contributed by atoms with E-state index < -0.39 is 0 Å². The molecule has 0 aliphatic carbocycles. The fourth-order valence-electron chi connectivity index (χ4n) is 5.22. The minimum absolute atomic E-state index is 0.106. The molecule has 36 heavy (non-hydrogen) atoms. The number of aromatic nitrogens is 5. The van der Waals surface area contributed by atoms with Crippen molar-refractivity contribution in [3.05, 3.63) is 99.3 Å². The lowest BCUT2D eigenvalue weighted by Crippen LogP contribution is -2.27. The topological polar surface area (TPSA) is 69.6 Å². The van der Waals surface area contributed by atoms with Gasteiger partial charge in [0, 0.05) is 30.5 Å². The maximum atomic E-state index is 13.7. The van der Waals surface area contributed by atoms with Crippen LogP contribution >= 0.6 is 12.2 Å². The zero-order valence-corrected chi connectivity index (χ0v) is 20.8. The third-order valence-corrected chi connectivity index (χ3v) is 7.35. The summed E-state index contributed by atoms with van der Waals surface area (Å²) in [6.45, 7) is 1.81. The van der Waals surface area contributed by atoms with Gasteiger partial charge in [0.25, 0.3) is 5.56 Å². The summed E-state index contributed by atoms with van der Waals surface area (Å²) in [6.07, 6.45) is 5.90. The standard InChI is InChI=1S/C27H26N6O2S/c1-35-24-13-5-2-8-20(24)17-31-25(34)21-10-3-4-11-23(21)33-26(31)29-32(27(33)36)18-30-15-7-12-22(30)19-9-6-14-28-16-19/h2-6,8-11,13-14,16,22H,7,12,15,17-18H2,1H3. The van der Waals surface area contributed by atoms with Crippen LogP contribution in [0, 0.1) is 4.77 Å². The largest absolute Gasteiger partial charge is 0.496 e. The fraction of sp³-hybridized carbons (Fsp3) is 0.259. The fourth-order valence-corrected chi connectivity index (χ4v) is 5.50. The molecule has 3 aromatic heterocycles. The summed E-state index contributed by atoms with van der Waals surface area (Å²) < 4.78 is 11.6.